The van der Waals surface area contributed by atoms with Crippen molar-refractivity contribution in [2.75, 3.05) is 13.2 Å². The van der Waals surface area contributed by atoms with Gasteiger partial charge in [-0.15, -0.1) is 0 Å². The molecule has 0 radical (unpaired) electrons. The lowest BCUT2D eigenvalue weighted by Gasteiger charge is -2.47. The number of carbonyl (C=O) groups is 2. The van der Waals surface area contributed by atoms with Crippen LogP contribution in [0.25, 0.3) is 0 Å². The first kappa shape index (κ1) is 85.1. The topological polar surface area (TPSA) is 462 Å². The maximum Gasteiger partial charge on any atom is 0.397 e. The van der Waals surface area contributed by atoms with Crippen molar-refractivity contribution in [2.45, 2.75) is 307 Å². The van der Waals surface area contributed by atoms with Gasteiger partial charge in [-0.25, -0.2) is 25.1 Å². The first-order valence-corrected chi connectivity index (χ1v) is 40.0. The standard InChI is InChI=1S/C54H102O31S6/c1-5-9-13-17-21-25-29-33-41(34-30-26-22-18-14-10-6-2)37-45(55)75-39-43-47(80-86(57,58)59)49(82-88(63,64)65)51(84-90(69,70)71)53(77-43)79-54-52(85-91(72,73)74)50(83-89(66,67)68)48(81-87(60,61)62)44(78-54)40-76-46(56)38-42(35-31-27-23-19-15-11-7-3)36-32-28-24-20-16-12-8-4/h41-44,47-54H,5-40H2,1-4H3,(H,57,58,59)(H,60,61,62)(H,63,64,65)(H,66,67,68)(H,69,70,71)(H,72,73,74)/t43-,44-,47-,48-,49+,50+,51-,52-,53-,54-/m1/s1. The van der Waals surface area contributed by atoms with Gasteiger partial charge < -0.3 is 23.7 Å². The minimum absolute atomic E-state index is 0.279. The number of hydrogen-bond acceptors (Lipinski definition) is 25. The molecule has 6 N–H and O–H groups in total. The van der Waals surface area contributed by atoms with Crippen molar-refractivity contribution in [3.8, 4) is 0 Å². The molecular formula is C54H102O31S6. The monoisotopic (exact) mass is 1440 g/mol. The molecule has 540 valence electrons. The van der Waals surface area contributed by atoms with E-state index in [0.717, 1.165) is 180 Å². The van der Waals surface area contributed by atoms with E-state index in [1.165, 1.54) is 0 Å². The van der Waals surface area contributed by atoms with E-state index in [-0.39, 0.29) is 24.7 Å². The Labute approximate surface area is 540 Å². The summed E-state index contributed by atoms with van der Waals surface area (Å²) in [5.41, 5.74) is 0. The summed E-state index contributed by atoms with van der Waals surface area (Å²) in [6.07, 6.45) is -0.791. The second-order valence-electron chi connectivity index (χ2n) is 23.3. The molecule has 0 amide bonds. The van der Waals surface area contributed by atoms with Gasteiger partial charge in [0.15, 0.2) is 24.8 Å². The molecule has 10 atom stereocenters. The van der Waals surface area contributed by atoms with Gasteiger partial charge in [0.1, 0.15) is 49.8 Å². The SMILES string of the molecule is CCCCCCCCCC(CCCCCCCCC)CC(=O)OC[C@H]1O[C@H](O[C@H]2O[C@H](COC(=O)CC(CCCCCCCCC)CCCCCCCCC)[C@@H](OS(=O)(=O)O)[C@H](OS(=O)(=O)O)[C@H]2OS(=O)(=O)O)[C@H](OS(=O)(=O)O)[C@@H](OS(=O)(=O)O)[C@@H]1OS(=O)(=O)O. The summed E-state index contributed by atoms with van der Waals surface area (Å²) in [4.78, 5) is 27.6. The lowest BCUT2D eigenvalue weighted by molar-refractivity contribution is -0.366. The highest BCUT2D eigenvalue weighted by Gasteiger charge is 2.59. The predicted molar refractivity (Wildman–Crippen MR) is 326 cm³/mol. The lowest BCUT2D eigenvalue weighted by atomic mass is 9.91. The summed E-state index contributed by atoms with van der Waals surface area (Å²) < 4.78 is 266. The quantitative estimate of drug-likeness (QED) is 0.0187. The first-order chi connectivity index (χ1) is 42.6. The molecule has 0 unspecified atom stereocenters. The normalized spacial score (nSPS) is 23.0. The molecule has 2 heterocycles. The lowest BCUT2D eigenvalue weighted by Crippen LogP contribution is -2.67. The summed E-state index contributed by atoms with van der Waals surface area (Å²) in [6, 6.07) is 0. The highest BCUT2D eigenvalue weighted by Crippen LogP contribution is 2.38. The maximum atomic E-state index is 13.8. The Balaban J connectivity index is 2.77. The molecule has 0 aromatic rings. The molecule has 0 bridgehead atoms. The van der Waals surface area contributed by atoms with Crippen molar-refractivity contribution >= 4 is 74.3 Å². The fraction of sp³-hybridized carbons (Fsp3) is 0.963. The van der Waals surface area contributed by atoms with Gasteiger partial charge in [-0.05, 0) is 37.5 Å². The molecule has 0 aliphatic carbocycles. The van der Waals surface area contributed by atoms with E-state index in [1.54, 1.807) is 0 Å². The van der Waals surface area contributed by atoms with Crippen LogP contribution in [0.3, 0.4) is 0 Å². The fourth-order valence-electron chi connectivity index (χ4n) is 11.1. The molecule has 37 heteroatoms. The van der Waals surface area contributed by atoms with Gasteiger partial charge in [-0.3, -0.25) is 36.9 Å². The van der Waals surface area contributed by atoms with Crippen molar-refractivity contribution in [2.24, 2.45) is 11.8 Å². The Hall–Kier alpha value is -1.96. The summed E-state index contributed by atoms with van der Waals surface area (Å²) in [7, 11) is -36.2. The van der Waals surface area contributed by atoms with Gasteiger partial charge in [0.2, 0.25) is 0 Å². The van der Waals surface area contributed by atoms with E-state index in [0.29, 0.717) is 25.7 Å². The van der Waals surface area contributed by atoms with Crippen LogP contribution in [0.4, 0.5) is 0 Å². The predicted octanol–water partition coefficient (Wildman–Crippen LogP) is 9.24. The summed E-state index contributed by atoms with van der Waals surface area (Å²) in [6.45, 7) is 5.74. The number of rotatable bonds is 54. The van der Waals surface area contributed by atoms with E-state index >= 15 is 0 Å². The van der Waals surface area contributed by atoms with Crippen LogP contribution >= 0.6 is 0 Å². The van der Waals surface area contributed by atoms with E-state index in [1.807, 2.05) is 0 Å². The first-order valence-electron chi connectivity index (χ1n) is 31.8. The third kappa shape index (κ3) is 41.0. The molecular weight excluding hydrogens is 1340 g/mol. The largest absolute Gasteiger partial charge is 0.463 e. The molecule has 31 nitrogen and oxygen atoms in total. The number of carbonyl (C=O) groups excluding carboxylic acids is 2. The van der Waals surface area contributed by atoms with Crippen molar-refractivity contribution in [1.82, 2.24) is 0 Å². The molecule has 91 heavy (non-hydrogen) atoms. The Morgan fingerprint density at radius 1 is 0.319 bits per heavy atom. The van der Waals surface area contributed by atoms with E-state index in [2.05, 4.69) is 52.8 Å². The van der Waals surface area contributed by atoms with Crippen LogP contribution in [0.2, 0.25) is 0 Å². The second-order valence-corrected chi connectivity index (χ2v) is 29.6. The van der Waals surface area contributed by atoms with Crippen LogP contribution in [-0.2, 0) is 121 Å². The van der Waals surface area contributed by atoms with Crippen molar-refractivity contribution < 1.29 is 136 Å². The van der Waals surface area contributed by atoms with Gasteiger partial charge in [-0.2, -0.15) is 50.5 Å². The number of hydrogen-bond donors (Lipinski definition) is 6. The van der Waals surface area contributed by atoms with Crippen molar-refractivity contribution in [3.05, 3.63) is 0 Å². The van der Waals surface area contributed by atoms with Crippen LogP contribution < -0.4 is 0 Å². The average Bonchev–Trinajstić information content (AvgIpc) is 0.772. The van der Waals surface area contributed by atoms with Crippen molar-refractivity contribution in [1.29, 1.82) is 0 Å². The average molecular weight is 1440 g/mol. The van der Waals surface area contributed by atoms with Crippen LogP contribution in [-0.4, -0.2) is 164 Å². The molecule has 0 aromatic carbocycles. The molecule has 0 saturated carbocycles. The summed E-state index contributed by atoms with van der Waals surface area (Å²) in [5.74, 6) is -2.58. The Bertz CT molecular complexity index is 2510. The van der Waals surface area contributed by atoms with Gasteiger partial charge in [0.05, 0.1) is 0 Å². The molecule has 2 saturated heterocycles. The minimum Gasteiger partial charge on any atom is -0.463 e. The van der Waals surface area contributed by atoms with Crippen LogP contribution in [0.15, 0.2) is 0 Å². The van der Waals surface area contributed by atoms with Crippen LogP contribution in [0.1, 0.15) is 246 Å². The number of unbranched alkanes of at least 4 members (excludes halogenated alkanes) is 24. The van der Waals surface area contributed by atoms with Gasteiger partial charge in [0, 0.05) is 12.8 Å². The molecule has 0 spiro atoms. The Morgan fingerprint density at radius 2 is 0.527 bits per heavy atom. The van der Waals surface area contributed by atoms with Crippen molar-refractivity contribution in [3.63, 3.8) is 0 Å². The summed E-state index contributed by atoms with van der Waals surface area (Å²) >= 11 is 0. The van der Waals surface area contributed by atoms with Crippen LogP contribution in [0.5, 0.6) is 0 Å². The highest BCUT2D eigenvalue weighted by atomic mass is 32.3. The molecule has 2 aliphatic heterocycles. The number of esters is 2. The molecule has 2 aliphatic rings. The third-order valence-electron chi connectivity index (χ3n) is 15.4. The zero-order valence-electron chi connectivity index (χ0n) is 52.7. The fourth-order valence-corrected chi connectivity index (χ4v) is 14.1. The summed E-state index contributed by atoms with van der Waals surface area (Å²) in [5, 5.41) is 0. The van der Waals surface area contributed by atoms with E-state index in [9.17, 15) is 87.4 Å². The second kappa shape index (κ2) is 44.1. The maximum absolute atomic E-state index is 13.8. The van der Waals surface area contributed by atoms with Gasteiger partial charge in [0.25, 0.3) is 0 Å². The van der Waals surface area contributed by atoms with Gasteiger partial charge in [-0.1, -0.05) is 207 Å². The Morgan fingerprint density at radius 3 is 0.758 bits per heavy atom. The zero-order valence-corrected chi connectivity index (χ0v) is 57.6. The van der Waals surface area contributed by atoms with E-state index in [4.69, 9.17) is 23.7 Å². The minimum atomic E-state index is -6.10. The van der Waals surface area contributed by atoms with Gasteiger partial charge >= 0.3 is 74.3 Å². The third-order valence-corrected chi connectivity index (χ3v) is 18.2. The number of ether oxygens (including phenoxy) is 5. The zero-order chi connectivity index (χ0) is 68.3. The smallest absolute Gasteiger partial charge is 0.397 e. The molecule has 2 rings (SSSR count). The van der Waals surface area contributed by atoms with E-state index < -0.39 is 149 Å². The highest BCUT2D eigenvalue weighted by molar-refractivity contribution is 7.82. The Kier molecular flexibility index (Phi) is 41.2. The van der Waals surface area contributed by atoms with Crippen LogP contribution in [0, 0.1) is 11.8 Å². The molecule has 0 aromatic heterocycles. The molecule has 2 fully saturated rings.